The van der Waals surface area contributed by atoms with Crippen LogP contribution in [-0.4, -0.2) is 62.4 Å². The zero-order valence-corrected chi connectivity index (χ0v) is 19.5. The molecule has 1 saturated heterocycles. The van der Waals surface area contributed by atoms with Gasteiger partial charge in [-0.05, 0) is 49.9 Å². The van der Waals surface area contributed by atoms with Crippen LogP contribution in [0, 0.1) is 6.92 Å². The van der Waals surface area contributed by atoms with Gasteiger partial charge in [-0.25, -0.2) is 14.6 Å². The topological polar surface area (TPSA) is 84.1 Å². The third-order valence-electron chi connectivity index (χ3n) is 6.06. The Morgan fingerprint density at radius 1 is 1.03 bits per heavy atom. The second kappa shape index (κ2) is 8.49. The zero-order valence-electron chi connectivity index (χ0n) is 18.8. The second-order valence-electron chi connectivity index (χ2n) is 8.30. The van der Waals surface area contributed by atoms with Crippen LogP contribution in [0.2, 0.25) is 5.15 Å². The molecule has 10 heteroatoms. The van der Waals surface area contributed by atoms with Crippen molar-refractivity contribution in [2.24, 2.45) is 7.05 Å². The number of nitrogens with one attached hydrogen (secondary N) is 1. The Morgan fingerprint density at radius 3 is 2.55 bits per heavy atom. The monoisotopic (exact) mass is 464 g/mol. The first-order valence-electron chi connectivity index (χ1n) is 10.8. The lowest BCUT2D eigenvalue weighted by Crippen LogP contribution is -2.44. The molecular weight excluding hydrogens is 440 g/mol. The highest BCUT2D eigenvalue weighted by atomic mass is 35.5. The predicted molar refractivity (Wildman–Crippen MR) is 131 cm³/mol. The molecule has 0 atom stereocenters. The molecule has 0 bridgehead atoms. The summed E-state index contributed by atoms with van der Waals surface area (Å²) in [5, 5.41) is 3.92. The number of rotatable bonds is 4. The first kappa shape index (κ1) is 21.4. The normalized spacial score (nSPS) is 14.7. The highest BCUT2D eigenvalue weighted by molar-refractivity contribution is 6.31. The number of pyridine rings is 1. The Balaban J connectivity index is 1.44. The van der Waals surface area contributed by atoms with Crippen molar-refractivity contribution in [3.05, 3.63) is 63.8 Å². The van der Waals surface area contributed by atoms with Crippen LogP contribution in [0.25, 0.3) is 16.7 Å². The van der Waals surface area contributed by atoms with Crippen LogP contribution < -0.4 is 15.8 Å². The molecule has 4 aromatic rings. The molecule has 0 aliphatic carbocycles. The third-order valence-corrected chi connectivity index (χ3v) is 6.35. The number of nitrogens with zero attached hydrogens (tertiary/aromatic N) is 7. The number of anilines is 3. The summed E-state index contributed by atoms with van der Waals surface area (Å²) < 4.78 is 3.11. The molecule has 5 rings (SSSR count). The lowest BCUT2D eigenvalue weighted by Gasteiger charge is -2.35. The number of halogens is 1. The van der Waals surface area contributed by atoms with E-state index in [-0.39, 0.29) is 10.7 Å². The molecule has 0 unspecified atom stereocenters. The summed E-state index contributed by atoms with van der Waals surface area (Å²) in [7, 11) is 3.92. The lowest BCUT2D eigenvalue weighted by atomic mass is 10.1. The van der Waals surface area contributed by atoms with Gasteiger partial charge in [0.25, 0.3) is 5.56 Å². The van der Waals surface area contributed by atoms with Gasteiger partial charge < -0.3 is 15.1 Å². The Morgan fingerprint density at radius 2 is 1.82 bits per heavy atom. The van der Waals surface area contributed by atoms with Crippen LogP contribution >= 0.6 is 11.6 Å². The number of benzene rings is 1. The van der Waals surface area contributed by atoms with Gasteiger partial charge in [-0.2, -0.15) is 4.98 Å². The van der Waals surface area contributed by atoms with Gasteiger partial charge in [0.15, 0.2) is 10.8 Å². The maximum atomic E-state index is 13.0. The maximum absolute atomic E-state index is 13.0. The molecule has 1 N–H and O–H groups in total. The van der Waals surface area contributed by atoms with Gasteiger partial charge in [0.1, 0.15) is 11.1 Å². The average molecular weight is 465 g/mol. The number of aryl methyl sites for hydroxylation is 2. The van der Waals surface area contributed by atoms with Gasteiger partial charge in [0.05, 0.1) is 0 Å². The molecule has 33 heavy (non-hydrogen) atoms. The average Bonchev–Trinajstić information content (AvgIpc) is 3.05. The van der Waals surface area contributed by atoms with E-state index in [4.69, 9.17) is 11.6 Å². The van der Waals surface area contributed by atoms with E-state index in [0.717, 1.165) is 31.9 Å². The first-order valence-corrected chi connectivity index (χ1v) is 11.2. The highest BCUT2D eigenvalue weighted by Crippen LogP contribution is 2.26. The minimum absolute atomic E-state index is 0.243. The molecule has 0 saturated carbocycles. The quantitative estimate of drug-likeness (QED) is 0.465. The van der Waals surface area contributed by atoms with Crippen molar-refractivity contribution in [2.75, 3.05) is 43.4 Å². The van der Waals surface area contributed by atoms with Gasteiger partial charge in [-0.1, -0.05) is 11.6 Å². The minimum Gasteiger partial charge on any atom is -0.369 e. The van der Waals surface area contributed by atoms with Crippen molar-refractivity contribution in [1.82, 2.24) is 29.2 Å². The Hall–Kier alpha value is -3.43. The molecule has 170 valence electrons. The van der Waals surface area contributed by atoms with Crippen LogP contribution in [0.3, 0.4) is 0 Å². The van der Waals surface area contributed by atoms with E-state index in [1.54, 1.807) is 36.3 Å². The van der Waals surface area contributed by atoms with E-state index in [9.17, 15) is 4.79 Å². The summed E-state index contributed by atoms with van der Waals surface area (Å²) in [6, 6.07) is 9.75. The smallest absolute Gasteiger partial charge is 0.282 e. The SMILES string of the molecule is Cc1cc(Nc2ncc3c(=O)n(-c4cccnc4Cl)n(C)c3n2)ccc1N1CCN(C)CC1. The number of likely N-dealkylation sites (N-methyl/N-ethyl adjacent to an activating group) is 1. The van der Waals surface area contributed by atoms with Crippen LogP contribution in [0.5, 0.6) is 0 Å². The molecule has 1 aromatic carbocycles. The summed E-state index contributed by atoms with van der Waals surface area (Å²) in [5.74, 6) is 0.416. The van der Waals surface area contributed by atoms with Crippen LogP contribution in [0.15, 0.2) is 47.5 Å². The van der Waals surface area contributed by atoms with E-state index in [2.05, 4.69) is 56.2 Å². The van der Waals surface area contributed by atoms with Gasteiger partial charge in [-0.3, -0.25) is 9.48 Å². The number of fused-ring (bicyclic) bond motifs is 1. The summed E-state index contributed by atoms with van der Waals surface area (Å²) in [5.41, 5.74) is 4.08. The summed E-state index contributed by atoms with van der Waals surface area (Å²) >= 11 is 6.22. The molecular formula is C23H25ClN8O. The largest absolute Gasteiger partial charge is 0.369 e. The zero-order chi connectivity index (χ0) is 23.1. The highest BCUT2D eigenvalue weighted by Gasteiger charge is 2.18. The maximum Gasteiger partial charge on any atom is 0.282 e. The van der Waals surface area contributed by atoms with Crippen molar-refractivity contribution in [2.45, 2.75) is 6.92 Å². The van der Waals surface area contributed by atoms with Crippen molar-refractivity contribution in [3.63, 3.8) is 0 Å². The van der Waals surface area contributed by atoms with E-state index in [0.29, 0.717) is 22.7 Å². The minimum atomic E-state index is -0.249. The van der Waals surface area contributed by atoms with Gasteiger partial charge in [0.2, 0.25) is 5.95 Å². The fraction of sp³-hybridized carbons (Fsp3) is 0.304. The van der Waals surface area contributed by atoms with E-state index in [1.165, 1.54) is 15.9 Å². The van der Waals surface area contributed by atoms with Crippen LogP contribution in [0.4, 0.5) is 17.3 Å². The van der Waals surface area contributed by atoms with Crippen molar-refractivity contribution in [1.29, 1.82) is 0 Å². The van der Waals surface area contributed by atoms with E-state index in [1.807, 2.05) is 6.07 Å². The van der Waals surface area contributed by atoms with Crippen LogP contribution in [-0.2, 0) is 7.05 Å². The second-order valence-corrected chi connectivity index (χ2v) is 8.66. The predicted octanol–water partition coefficient (Wildman–Crippen LogP) is 2.97. The standard InChI is InChI=1S/C23H25ClN8O/c1-15-13-16(6-7-18(15)31-11-9-29(2)10-12-31)27-23-26-14-17-21(28-23)30(3)32(22(17)33)19-5-4-8-25-20(19)24/h4-8,13-14H,9-12H2,1-3H3,(H,26,27,28). The van der Waals surface area contributed by atoms with Crippen molar-refractivity contribution in [3.8, 4) is 5.69 Å². The molecule has 0 amide bonds. The molecule has 1 fully saturated rings. The molecule has 9 nitrogen and oxygen atoms in total. The Kier molecular flexibility index (Phi) is 5.51. The molecule has 1 aliphatic rings. The molecule has 3 aromatic heterocycles. The molecule has 0 radical (unpaired) electrons. The van der Waals surface area contributed by atoms with Gasteiger partial charge in [0, 0.05) is 57.0 Å². The summed E-state index contributed by atoms with van der Waals surface area (Å²) in [4.78, 5) is 30.8. The third kappa shape index (κ3) is 3.94. The number of aromatic nitrogens is 5. The Labute approximate surface area is 196 Å². The number of piperazine rings is 1. The Bertz CT molecular complexity index is 1390. The number of hydrogen-bond acceptors (Lipinski definition) is 7. The fourth-order valence-electron chi connectivity index (χ4n) is 4.25. The lowest BCUT2D eigenvalue weighted by molar-refractivity contribution is 0.312. The summed E-state index contributed by atoms with van der Waals surface area (Å²) in [6.45, 7) is 6.29. The molecule has 1 aliphatic heterocycles. The molecule has 4 heterocycles. The van der Waals surface area contributed by atoms with Gasteiger partial charge in [-0.15, -0.1) is 0 Å². The fourth-order valence-corrected chi connectivity index (χ4v) is 4.45. The van der Waals surface area contributed by atoms with Crippen LogP contribution in [0.1, 0.15) is 5.56 Å². The van der Waals surface area contributed by atoms with E-state index < -0.39 is 0 Å². The van der Waals surface area contributed by atoms with Crippen molar-refractivity contribution < 1.29 is 0 Å². The number of hydrogen-bond donors (Lipinski definition) is 1. The van der Waals surface area contributed by atoms with Gasteiger partial charge >= 0.3 is 0 Å². The summed E-state index contributed by atoms with van der Waals surface area (Å²) in [6.07, 6.45) is 3.12. The van der Waals surface area contributed by atoms with E-state index >= 15 is 0 Å². The van der Waals surface area contributed by atoms with Crippen molar-refractivity contribution >= 4 is 40.0 Å². The molecule has 0 spiro atoms. The first-order chi connectivity index (χ1) is 15.9.